The monoisotopic (exact) mass is 306 g/mol. The van der Waals surface area contributed by atoms with E-state index in [1.807, 2.05) is 0 Å². The van der Waals surface area contributed by atoms with E-state index in [0.29, 0.717) is 4.68 Å². The van der Waals surface area contributed by atoms with Crippen LogP contribution in [0.3, 0.4) is 0 Å². The molecule has 0 spiro atoms. The normalized spacial score (nSPS) is 11.8. The van der Waals surface area contributed by atoms with E-state index < -0.39 is 23.5 Å². The van der Waals surface area contributed by atoms with Gasteiger partial charge < -0.3 is 5.11 Å². The fourth-order valence-electron chi connectivity index (χ4n) is 1.67. The number of carboxylic acid groups (broad SMARTS) is 1. The van der Waals surface area contributed by atoms with Gasteiger partial charge in [0.15, 0.2) is 5.69 Å². The lowest BCUT2D eigenvalue weighted by Crippen LogP contribution is -2.19. The van der Waals surface area contributed by atoms with E-state index in [9.17, 15) is 18.0 Å². The largest absolute Gasteiger partial charge is 0.476 e. The summed E-state index contributed by atoms with van der Waals surface area (Å²) in [5.41, 5.74) is -0.0906. The molecule has 0 atom stereocenters. The Kier molecular flexibility index (Phi) is 3.75. The van der Waals surface area contributed by atoms with Gasteiger partial charge in [0, 0.05) is 17.8 Å². The van der Waals surface area contributed by atoms with Gasteiger partial charge in [-0.05, 0) is 6.92 Å². The van der Waals surface area contributed by atoms with Crippen molar-refractivity contribution in [2.24, 2.45) is 0 Å². The van der Waals surface area contributed by atoms with E-state index in [1.54, 1.807) is 12.4 Å². The van der Waals surface area contributed by atoms with Gasteiger partial charge in [-0.2, -0.15) is 13.2 Å². The predicted molar refractivity (Wildman–Crippen MR) is 62.5 cm³/mol. The van der Waals surface area contributed by atoms with Crippen LogP contribution in [0.15, 0.2) is 5.51 Å². The van der Waals surface area contributed by atoms with Crippen LogP contribution in [-0.2, 0) is 19.1 Å². The predicted octanol–water partition coefficient (Wildman–Crippen LogP) is 2.00. The molecule has 2 rings (SSSR count). The van der Waals surface area contributed by atoms with Crippen LogP contribution in [0.25, 0.3) is 0 Å². The number of carbonyl (C=O) groups is 1. The molecule has 2 aromatic rings. The zero-order chi connectivity index (χ0) is 14.9. The molecular formula is C10H9F3N4O2S. The molecule has 0 aliphatic heterocycles. The SMILES string of the molecule is Cc1ncsc1CCn1nnc(C(=O)O)c1C(F)(F)F. The number of halogens is 3. The lowest BCUT2D eigenvalue weighted by atomic mass is 10.2. The van der Waals surface area contributed by atoms with Crippen LogP contribution >= 0.6 is 11.3 Å². The summed E-state index contributed by atoms with van der Waals surface area (Å²) in [5.74, 6) is -1.75. The maximum Gasteiger partial charge on any atom is 0.435 e. The van der Waals surface area contributed by atoms with Crippen LogP contribution in [0.2, 0.25) is 0 Å². The first-order chi connectivity index (χ1) is 9.30. The van der Waals surface area contributed by atoms with Crippen LogP contribution in [-0.4, -0.2) is 31.1 Å². The van der Waals surface area contributed by atoms with Gasteiger partial charge in [-0.25, -0.2) is 14.5 Å². The number of hydrogen-bond acceptors (Lipinski definition) is 5. The molecule has 0 unspecified atom stereocenters. The molecule has 0 aliphatic rings. The highest BCUT2D eigenvalue weighted by Crippen LogP contribution is 2.31. The minimum absolute atomic E-state index is 0.113. The Labute approximate surface area is 114 Å². The Bertz CT molecular complexity index is 635. The number of nitrogens with zero attached hydrogens (tertiary/aromatic N) is 4. The molecule has 2 heterocycles. The fourth-order valence-corrected chi connectivity index (χ4v) is 2.44. The Hall–Kier alpha value is -1.97. The molecule has 20 heavy (non-hydrogen) atoms. The summed E-state index contributed by atoms with van der Waals surface area (Å²) in [6.45, 7) is 1.64. The maximum atomic E-state index is 12.9. The first kappa shape index (κ1) is 14.4. The molecule has 2 aromatic heterocycles. The second kappa shape index (κ2) is 5.19. The first-order valence-corrected chi connectivity index (χ1v) is 6.31. The van der Waals surface area contributed by atoms with Crippen molar-refractivity contribution in [3.8, 4) is 0 Å². The van der Waals surface area contributed by atoms with Crippen LogP contribution in [0.4, 0.5) is 13.2 Å². The van der Waals surface area contributed by atoms with Crippen molar-refractivity contribution < 1.29 is 23.1 Å². The molecule has 10 heteroatoms. The topological polar surface area (TPSA) is 80.9 Å². The number of hydrogen-bond donors (Lipinski definition) is 1. The molecule has 0 saturated carbocycles. The van der Waals surface area contributed by atoms with Crippen LogP contribution in [0.5, 0.6) is 0 Å². The number of aromatic carboxylic acids is 1. The highest BCUT2D eigenvalue weighted by Gasteiger charge is 2.41. The average molecular weight is 306 g/mol. The lowest BCUT2D eigenvalue weighted by Gasteiger charge is -2.09. The van der Waals surface area contributed by atoms with Crippen molar-refractivity contribution >= 4 is 17.3 Å². The Morgan fingerprint density at radius 2 is 2.20 bits per heavy atom. The lowest BCUT2D eigenvalue weighted by molar-refractivity contribution is -0.144. The number of alkyl halides is 3. The number of aromatic nitrogens is 4. The summed E-state index contributed by atoms with van der Waals surface area (Å²) < 4.78 is 39.2. The minimum Gasteiger partial charge on any atom is -0.476 e. The molecule has 108 valence electrons. The summed E-state index contributed by atoms with van der Waals surface area (Å²) in [6, 6.07) is 0. The van der Waals surface area contributed by atoms with Crippen LogP contribution < -0.4 is 0 Å². The van der Waals surface area contributed by atoms with Gasteiger partial charge in [0.1, 0.15) is 0 Å². The molecule has 0 saturated heterocycles. The molecular weight excluding hydrogens is 297 g/mol. The van der Waals surface area contributed by atoms with Gasteiger partial charge in [-0.1, -0.05) is 5.21 Å². The third-order valence-electron chi connectivity index (χ3n) is 2.60. The Morgan fingerprint density at radius 3 is 2.70 bits per heavy atom. The average Bonchev–Trinajstić information content (AvgIpc) is 2.91. The van der Waals surface area contributed by atoms with E-state index in [4.69, 9.17) is 5.11 Å². The zero-order valence-electron chi connectivity index (χ0n) is 10.2. The molecule has 0 fully saturated rings. The summed E-state index contributed by atoms with van der Waals surface area (Å²) >= 11 is 1.33. The summed E-state index contributed by atoms with van der Waals surface area (Å²) in [6.07, 6.45) is -4.54. The Morgan fingerprint density at radius 1 is 1.50 bits per heavy atom. The van der Waals surface area contributed by atoms with Gasteiger partial charge >= 0.3 is 12.1 Å². The second-order valence-electron chi connectivity index (χ2n) is 3.92. The smallest absolute Gasteiger partial charge is 0.435 e. The van der Waals surface area contributed by atoms with Gasteiger partial charge in [0.05, 0.1) is 11.2 Å². The summed E-state index contributed by atoms with van der Waals surface area (Å²) in [4.78, 5) is 15.6. The number of thiazole rings is 1. The maximum absolute atomic E-state index is 12.9. The van der Waals surface area contributed by atoms with Crippen molar-refractivity contribution in [1.82, 2.24) is 20.0 Å². The third kappa shape index (κ3) is 2.79. The minimum atomic E-state index is -4.82. The summed E-state index contributed by atoms with van der Waals surface area (Å²) in [5, 5.41) is 15.1. The van der Waals surface area contributed by atoms with Crippen LogP contribution in [0, 0.1) is 6.92 Å². The van der Waals surface area contributed by atoms with Crippen LogP contribution in [0.1, 0.15) is 26.8 Å². The molecule has 0 aromatic carbocycles. The van der Waals surface area contributed by atoms with E-state index in [-0.39, 0.29) is 13.0 Å². The van der Waals surface area contributed by atoms with Gasteiger partial charge in [-0.15, -0.1) is 16.4 Å². The first-order valence-electron chi connectivity index (χ1n) is 5.43. The quantitative estimate of drug-likeness (QED) is 0.934. The van der Waals surface area contributed by atoms with E-state index >= 15 is 0 Å². The number of rotatable bonds is 4. The van der Waals surface area contributed by atoms with Crippen molar-refractivity contribution in [1.29, 1.82) is 0 Å². The van der Waals surface area contributed by atoms with Crippen molar-refractivity contribution in [2.75, 3.05) is 0 Å². The highest BCUT2D eigenvalue weighted by molar-refractivity contribution is 7.09. The van der Waals surface area contributed by atoms with Gasteiger partial charge in [0.25, 0.3) is 0 Å². The number of carboxylic acids is 1. The van der Waals surface area contributed by atoms with Gasteiger partial charge in [-0.3, -0.25) is 0 Å². The molecule has 1 N–H and O–H groups in total. The van der Waals surface area contributed by atoms with Gasteiger partial charge in [0.2, 0.25) is 5.69 Å². The molecule has 0 amide bonds. The van der Waals surface area contributed by atoms with E-state index in [0.717, 1.165) is 10.6 Å². The van der Waals surface area contributed by atoms with Crippen molar-refractivity contribution in [2.45, 2.75) is 26.1 Å². The zero-order valence-corrected chi connectivity index (χ0v) is 11.0. The second-order valence-corrected chi connectivity index (χ2v) is 4.86. The molecule has 6 nitrogen and oxygen atoms in total. The highest BCUT2D eigenvalue weighted by atomic mass is 32.1. The van der Waals surface area contributed by atoms with E-state index in [1.165, 1.54) is 11.3 Å². The van der Waals surface area contributed by atoms with Crippen molar-refractivity contribution in [3.63, 3.8) is 0 Å². The fraction of sp³-hybridized carbons (Fsp3) is 0.400. The van der Waals surface area contributed by atoms with E-state index in [2.05, 4.69) is 15.3 Å². The van der Waals surface area contributed by atoms with Crippen molar-refractivity contribution in [3.05, 3.63) is 27.5 Å². The standard InChI is InChI=1S/C10H9F3N4O2S/c1-5-6(20-4-14-5)2-3-17-8(10(11,12)13)7(9(18)19)15-16-17/h4H,2-3H2,1H3,(H,18,19). The third-order valence-corrected chi connectivity index (χ3v) is 3.60. The molecule has 0 aliphatic carbocycles. The molecule has 0 radical (unpaired) electrons. The summed E-state index contributed by atoms with van der Waals surface area (Å²) in [7, 11) is 0. The number of aryl methyl sites for hydroxylation is 3. The molecule has 0 bridgehead atoms. The Balaban J connectivity index is 2.28.